The first-order valence-electron chi connectivity index (χ1n) is 4.56. The van der Waals surface area contributed by atoms with Crippen LogP contribution in [0.25, 0.3) is 0 Å². The maximum Gasteiger partial charge on any atom is 0.243 e. The molecule has 0 heterocycles. The topological polar surface area (TPSA) is 82.8 Å². The smallest absolute Gasteiger partial charge is 0.243 e. The number of nitrogens with two attached hydrogens (primary N) is 1. The molecule has 0 bridgehead atoms. The highest BCUT2D eigenvalue weighted by atomic mass is 16.2. The Morgan fingerprint density at radius 2 is 2.14 bits per heavy atom. The van der Waals surface area contributed by atoms with Gasteiger partial charge in [-0.3, -0.25) is 10.2 Å². The highest BCUT2D eigenvalue weighted by Crippen LogP contribution is 1.80. The van der Waals surface area contributed by atoms with E-state index in [4.69, 9.17) is 5.84 Å². The van der Waals surface area contributed by atoms with Crippen molar-refractivity contribution in [3.8, 4) is 0 Å². The lowest BCUT2D eigenvalue weighted by Gasteiger charge is -2.10. The zero-order chi connectivity index (χ0) is 11.0. The van der Waals surface area contributed by atoms with E-state index in [1.165, 1.54) is 4.90 Å². The molecule has 0 radical (unpaired) electrons. The van der Waals surface area contributed by atoms with Gasteiger partial charge in [0.2, 0.25) is 11.9 Å². The number of amides is 1. The molecule has 0 rings (SSSR count). The molecule has 1 amide bonds. The lowest BCUT2D eigenvalue weighted by Crippen LogP contribution is -2.42. The van der Waals surface area contributed by atoms with Crippen LogP contribution in [0.4, 0.5) is 0 Å². The molecule has 0 fully saturated rings. The molecular weight excluding hydrogens is 182 g/mol. The summed E-state index contributed by atoms with van der Waals surface area (Å²) < 4.78 is 0. The van der Waals surface area contributed by atoms with Gasteiger partial charge in [0, 0.05) is 20.6 Å². The van der Waals surface area contributed by atoms with Gasteiger partial charge < -0.3 is 10.2 Å². The van der Waals surface area contributed by atoms with Crippen LogP contribution in [0.1, 0.15) is 13.3 Å². The second-order valence-corrected chi connectivity index (χ2v) is 3.02. The van der Waals surface area contributed by atoms with E-state index in [9.17, 15) is 4.79 Å². The summed E-state index contributed by atoms with van der Waals surface area (Å²) in [7, 11) is 3.37. The Bertz CT molecular complexity index is 202. The first-order valence-corrected chi connectivity index (χ1v) is 4.56. The standard InChI is InChI=1S/C8H19N5O/c1-4-5-10-8(12-9)11-6-7(14)13(2)3/h4-6,9H2,1-3H3,(H2,10,11,12). The van der Waals surface area contributed by atoms with Gasteiger partial charge in [-0.1, -0.05) is 6.92 Å². The average Bonchev–Trinajstić information content (AvgIpc) is 2.17. The Balaban J connectivity index is 3.97. The van der Waals surface area contributed by atoms with Gasteiger partial charge >= 0.3 is 0 Å². The Morgan fingerprint density at radius 1 is 1.50 bits per heavy atom. The van der Waals surface area contributed by atoms with Crippen molar-refractivity contribution in [3.63, 3.8) is 0 Å². The van der Waals surface area contributed by atoms with Crippen LogP contribution in [0.15, 0.2) is 4.99 Å². The zero-order valence-electron chi connectivity index (χ0n) is 9.00. The Labute approximate surface area is 84.5 Å². The van der Waals surface area contributed by atoms with Crippen molar-refractivity contribution in [1.29, 1.82) is 0 Å². The third kappa shape index (κ3) is 5.36. The number of likely N-dealkylation sites (N-methyl/N-ethyl adjacent to an activating group) is 1. The Morgan fingerprint density at radius 3 is 2.57 bits per heavy atom. The number of hydrogen-bond donors (Lipinski definition) is 3. The number of nitrogens with zero attached hydrogens (tertiary/aromatic N) is 2. The van der Waals surface area contributed by atoms with Crippen molar-refractivity contribution in [2.24, 2.45) is 10.8 Å². The van der Waals surface area contributed by atoms with Crippen LogP contribution in [0.5, 0.6) is 0 Å². The normalized spacial score (nSPS) is 11.0. The fourth-order valence-electron chi connectivity index (χ4n) is 0.684. The minimum absolute atomic E-state index is 0.0592. The molecule has 0 spiro atoms. The Kier molecular flexibility index (Phi) is 6.47. The van der Waals surface area contributed by atoms with E-state index in [1.54, 1.807) is 14.1 Å². The van der Waals surface area contributed by atoms with E-state index < -0.39 is 0 Å². The molecule has 0 aromatic carbocycles. The molecule has 0 saturated carbocycles. The molecular formula is C8H19N5O. The van der Waals surface area contributed by atoms with Gasteiger partial charge in [0.25, 0.3) is 0 Å². The molecule has 0 aliphatic carbocycles. The van der Waals surface area contributed by atoms with E-state index in [2.05, 4.69) is 15.7 Å². The minimum Gasteiger partial charge on any atom is -0.355 e. The largest absolute Gasteiger partial charge is 0.355 e. The summed E-state index contributed by atoms with van der Waals surface area (Å²) in [5.41, 5.74) is 2.40. The molecule has 6 nitrogen and oxygen atoms in total. The fourth-order valence-corrected chi connectivity index (χ4v) is 0.684. The Hall–Kier alpha value is -1.30. The van der Waals surface area contributed by atoms with Gasteiger partial charge in [-0.05, 0) is 6.42 Å². The number of rotatable bonds is 4. The van der Waals surface area contributed by atoms with Crippen LogP contribution < -0.4 is 16.6 Å². The van der Waals surface area contributed by atoms with Crippen LogP contribution in [-0.4, -0.2) is 44.0 Å². The molecule has 82 valence electrons. The van der Waals surface area contributed by atoms with Crippen LogP contribution in [0.3, 0.4) is 0 Å². The van der Waals surface area contributed by atoms with Crippen LogP contribution in [0, 0.1) is 0 Å². The number of carbonyl (C=O) groups excluding carboxylic acids is 1. The summed E-state index contributed by atoms with van der Waals surface area (Å²) in [5.74, 6) is 5.59. The van der Waals surface area contributed by atoms with Crippen LogP contribution >= 0.6 is 0 Å². The molecule has 0 aliphatic heterocycles. The van der Waals surface area contributed by atoms with E-state index in [-0.39, 0.29) is 12.5 Å². The van der Waals surface area contributed by atoms with Gasteiger partial charge in [0.15, 0.2) is 0 Å². The van der Waals surface area contributed by atoms with E-state index in [0.29, 0.717) is 5.96 Å². The second-order valence-electron chi connectivity index (χ2n) is 3.02. The second kappa shape index (κ2) is 7.14. The lowest BCUT2D eigenvalue weighted by atomic mass is 10.5. The molecule has 0 atom stereocenters. The van der Waals surface area contributed by atoms with Crippen molar-refractivity contribution < 1.29 is 4.79 Å². The monoisotopic (exact) mass is 201 g/mol. The SMILES string of the molecule is CCCNC(=NCC(=O)N(C)C)NN. The van der Waals surface area contributed by atoms with Crippen molar-refractivity contribution in [3.05, 3.63) is 0 Å². The number of nitrogens with one attached hydrogen (secondary N) is 2. The first kappa shape index (κ1) is 12.7. The van der Waals surface area contributed by atoms with Crippen molar-refractivity contribution in [2.75, 3.05) is 27.2 Å². The third-order valence-corrected chi connectivity index (χ3v) is 1.55. The van der Waals surface area contributed by atoms with E-state index in [1.807, 2.05) is 6.92 Å². The molecule has 0 aliphatic rings. The van der Waals surface area contributed by atoms with Gasteiger partial charge in [-0.15, -0.1) is 0 Å². The predicted octanol–water partition coefficient (Wildman–Crippen LogP) is -1.11. The lowest BCUT2D eigenvalue weighted by molar-refractivity contribution is -0.127. The van der Waals surface area contributed by atoms with Gasteiger partial charge in [-0.2, -0.15) is 0 Å². The molecule has 14 heavy (non-hydrogen) atoms. The van der Waals surface area contributed by atoms with Gasteiger partial charge in [0.1, 0.15) is 6.54 Å². The van der Waals surface area contributed by atoms with Gasteiger partial charge in [0.05, 0.1) is 0 Å². The van der Waals surface area contributed by atoms with Crippen LogP contribution in [0.2, 0.25) is 0 Å². The van der Waals surface area contributed by atoms with Gasteiger partial charge in [-0.25, -0.2) is 10.8 Å². The average molecular weight is 201 g/mol. The molecule has 0 aromatic heterocycles. The highest BCUT2D eigenvalue weighted by Gasteiger charge is 2.02. The maximum absolute atomic E-state index is 11.2. The fraction of sp³-hybridized carbons (Fsp3) is 0.750. The zero-order valence-corrected chi connectivity index (χ0v) is 9.00. The summed E-state index contributed by atoms with van der Waals surface area (Å²) in [4.78, 5) is 16.6. The third-order valence-electron chi connectivity index (χ3n) is 1.55. The maximum atomic E-state index is 11.2. The number of aliphatic imine (C=N–C) groups is 1. The highest BCUT2D eigenvalue weighted by molar-refractivity contribution is 5.84. The summed E-state index contributed by atoms with van der Waals surface area (Å²) in [6.07, 6.45) is 0.975. The van der Waals surface area contributed by atoms with Crippen molar-refractivity contribution in [2.45, 2.75) is 13.3 Å². The summed E-state index contributed by atoms with van der Waals surface area (Å²) in [6.45, 7) is 2.91. The molecule has 0 aromatic rings. The number of guanidine groups is 1. The number of carbonyl (C=O) groups is 1. The van der Waals surface area contributed by atoms with E-state index >= 15 is 0 Å². The first-order chi connectivity index (χ1) is 6.61. The van der Waals surface area contributed by atoms with Crippen molar-refractivity contribution >= 4 is 11.9 Å². The molecule has 6 heteroatoms. The summed E-state index contributed by atoms with van der Waals surface area (Å²) in [6, 6.07) is 0. The van der Waals surface area contributed by atoms with E-state index in [0.717, 1.165) is 13.0 Å². The predicted molar refractivity (Wildman–Crippen MR) is 56.6 cm³/mol. The van der Waals surface area contributed by atoms with Crippen molar-refractivity contribution in [1.82, 2.24) is 15.6 Å². The number of hydrogen-bond acceptors (Lipinski definition) is 3. The number of hydrazine groups is 1. The summed E-state index contributed by atoms with van der Waals surface area (Å²) in [5, 5.41) is 2.96. The van der Waals surface area contributed by atoms with Crippen LogP contribution in [-0.2, 0) is 4.79 Å². The molecule has 0 unspecified atom stereocenters. The molecule has 4 N–H and O–H groups in total. The minimum atomic E-state index is -0.0592. The molecule has 0 saturated heterocycles. The quantitative estimate of drug-likeness (QED) is 0.233. The summed E-state index contributed by atoms with van der Waals surface area (Å²) >= 11 is 0.